The van der Waals surface area contributed by atoms with Crippen molar-refractivity contribution in [3.05, 3.63) is 54.1 Å². The summed E-state index contributed by atoms with van der Waals surface area (Å²) in [6, 6.07) is 14.8. The Morgan fingerprint density at radius 1 is 1.03 bits per heavy atom. The van der Waals surface area contributed by atoms with E-state index in [1.54, 1.807) is 24.3 Å². The van der Waals surface area contributed by atoms with Crippen molar-refractivity contribution in [2.75, 3.05) is 36.2 Å². The number of hydrogen-bond donors (Lipinski definition) is 1. The van der Waals surface area contributed by atoms with Crippen molar-refractivity contribution in [1.82, 2.24) is 14.8 Å². The summed E-state index contributed by atoms with van der Waals surface area (Å²) in [4.78, 5) is 26.1. The van der Waals surface area contributed by atoms with Crippen LogP contribution in [0.3, 0.4) is 0 Å². The number of nitrogens with zero attached hydrogens (tertiary/aromatic N) is 4. The first-order valence-corrected chi connectivity index (χ1v) is 11.3. The highest BCUT2D eigenvalue weighted by Gasteiger charge is 2.14. The Balaban J connectivity index is 1.60. The lowest BCUT2D eigenvalue weighted by molar-refractivity contribution is -0.113. The number of hydrogen-bond acceptors (Lipinski definition) is 7. The van der Waals surface area contributed by atoms with E-state index < -0.39 is 5.97 Å². The summed E-state index contributed by atoms with van der Waals surface area (Å²) in [6.45, 7) is 6.18. The number of esters is 1. The van der Waals surface area contributed by atoms with Gasteiger partial charge in [-0.25, -0.2) is 4.79 Å². The first-order chi connectivity index (χ1) is 15.5. The molecule has 2 aromatic carbocycles. The SMILES string of the molecule is CCN(CC)c1ccc(-c2nnc(SCC(=O)Nc3ccc(C(=O)OC)cc3)n2C)cc1. The maximum absolute atomic E-state index is 12.3. The minimum absolute atomic E-state index is 0.172. The lowest BCUT2D eigenvalue weighted by atomic mass is 10.2. The van der Waals surface area contributed by atoms with Gasteiger partial charge in [0.15, 0.2) is 11.0 Å². The average Bonchev–Trinajstić information content (AvgIpc) is 3.19. The summed E-state index contributed by atoms with van der Waals surface area (Å²) in [5.74, 6) is 0.344. The van der Waals surface area contributed by atoms with Crippen LogP contribution < -0.4 is 10.2 Å². The lowest BCUT2D eigenvalue weighted by Crippen LogP contribution is -2.21. The lowest BCUT2D eigenvalue weighted by Gasteiger charge is -2.21. The number of carbonyl (C=O) groups excluding carboxylic acids is 2. The standard InChI is InChI=1S/C23H27N5O3S/c1-5-28(6-2)19-13-9-16(10-14-19)21-25-26-23(27(21)3)32-15-20(29)24-18-11-7-17(8-12-18)22(30)31-4/h7-14H,5-6,15H2,1-4H3,(H,24,29). The number of amides is 1. The molecule has 9 heteroatoms. The van der Waals surface area contributed by atoms with Gasteiger partial charge in [-0.1, -0.05) is 11.8 Å². The van der Waals surface area contributed by atoms with E-state index in [2.05, 4.69) is 51.1 Å². The number of rotatable bonds is 9. The van der Waals surface area contributed by atoms with E-state index in [4.69, 9.17) is 0 Å². The molecule has 3 rings (SSSR count). The fourth-order valence-electron chi connectivity index (χ4n) is 3.24. The first kappa shape index (κ1) is 23.3. The Hall–Kier alpha value is -3.33. The monoisotopic (exact) mass is 453 g/mol. The minimum Gasteiger partial charge on any atom is -0.465 e. The van der Waals surface area contributed by atoms with Crippen LogP contribution in [0.25, 0.3) is 11.4 Å². The van der Waals surface area contributed by atoms with Crippen molar-refractivity contribution >= 4 is 35.0 Å². The second-order valence-corrected chi connectivity index (χ2v) is 7.93. The normalized spacial score (nSPS) is 10.6. The van der Waals surface area contributed by atoms with Crippen molar-refractivity contribution in [1.29, 1.82) is 0 Å². The third kappa shape index (κ3) is 5.47. The Bertz CT molecular complexity index is 1060. The van der Waals surface area contributed by atoms with Crippen LogP contribution in [-0.4, -0.2) is 52.6 Å². The largest absolute Gasteiger partial charge is 0.465 e. The van der Waals surface area contributed by atoms with Crippen LogP contribution in [0.15, 0.2) is 53.7 Å². The van der Waals surface area contributed by atoms with Crippen LogP contribution in [0.1, 0.15) is 24.2 Å². The summed E-state index contributed by atoms with van der Waals surface area (Å²) >= 11 is 1.31. The van der Waals surface area contributed by atoms with Crippen molar-refractivity contribution in [3.63, 3.8) is 0 Å². The molecule has 0 aliphatic carbocycles. The number of methoxy groups -OCH3 is 1. The number of anilines is 2. The van der Waals surface area contributed by atoms with Crippen molar-refractivity contribution in [2.24, 2.45) is 7.05 Å². The van der Waals surface area contributed by atoms with Gasteiger partial charge in [0.25, 0.3) is 0 Å². The zero-order chi connectivity index (χ0) is 23.1. The summed E-state index contributed by atoms with van der Waals surface area (Å²) in [5.41, 5.74) is 3.18. The molecule has 0 spiro atoms. The van der Waals surface area contributed by atoms with E-state index in [-0.39, 0.29) is 11.7 Å². The van der Waals surface area contributed by atoms with E-state index in [1.165, 1.54) is 24.6 Å². The molecule has 1 N–H and O–H groups in total. The van der Waals surface area contributed by atoms with Crippen molar-refractivity contribution in [2.45, 2.75) is 19.0 Å². The van der Waals surface area contributed by atoms with Gasteiger partial charge in [-0.05, 0) is 62.4 Å². The van der Waals surface area contributed by atoms with E-state index in [1.807, 2.05) is 23.7 Å². The minimum atomic E-state index is -0.417. The van der Waals surface area contributed by atoms with Gasteiger partial charge in [-0.3, -0.25) is 4.79 Å². The second-order valence-electron chi connectivity index (χ2n) is 6.99. The summed E-state index contributed by atoms with van der Waals surface area (Å²) in [7, 11) is 3.22. The molecule has 0 aliphatic rings. The van der Waals surface area contributed by atoms with Gasteiger partial charge in [0.2, 0.25) is 5.91 Å². The van der Waals surface area contributed by atoms with Crippen LogP contribution in [0.5, 0.6) is 0 Å². The molecule has 168 valence electrons. The van der Waals surface area contributed by atoms with Gasteiger partial charge in [0.1, 0.15) is 0 Å². The number of benzene rings is 2. The highest BCUT2D eigenvalue weighted by Crippen LogP contribution is 2.25. The number of aromatic nitrogens is 3. The molecule has 8 nitrogen and oxygen atoms in total. The van der Waals surface area contributed by atoms with Crippen molar-refractivity contribution in [3.8, 4) is 11.4 Å². The zero-order valence-electron chi connectivity index (χ0n) is 18.7. The molecule has 3 aromatic rings. The predicted octanol–water partition coefficient (Wildman–Crippen LogP) is 3.85. The van der Waals surface area contributed by atoms with Gasteiger partial charge in [-0.2, -0.15) is 0 Å². The van der Waals surface area contributed by atoms with Gasteiger partial charge in [0, 0.05) is 37.1 Å². The third-order valence-electron chi connectivity index (χ3n) is 5.01. The zero-order valence-corrected chi connectivity index (χ0v) is 19.5. The molecular formula is C23H27N5O3S. The molecule has 0 atom stereocenters. The van der Waals surface area contributed by atoms with Crippen LogP contribution in [0.4, 0.5) is 11.4 Å². The van der Waals surface area contributed by atoms with Gasteiger partial charge < -0.3 is 19.5 Å². The van der Waals surface area contributed by atoms with Crippen LogP contribution >= 0.6 is 11.8 Å². The van der Waals surface area contributed by atoms with Crippen LogP contribution in [0, 0.1) is 0 Å². The fraction of sp³-hybridized carbons (Fsp3) is 0.304. The van der Waals surface area contributed by atoms with Gasteiger partial charge in [0.05, 0.1) is 18.4 Å². The van der Waals surface area contributed by atoms with E-state index >= 15 is 0 Å². The molecule has 1 aromatic heterocycles. The highest BCUT2D eigenvalue weighted by molar-refractivity contribution is 7.99. The first-order valence-electron chi connectivity index (χ1n) is 10.3. The molecule has 0 fully saturated rings. The number of carbonyl (C=O) groups is 2. The van der Waals surface area contributed by atoms with E-state index in [9.17, 15) is 9.59 Å². The summed E-state index contributed by atoms with van der Waals surface area (Å²) in [5, 5.41) is 12.0. The summed E-state index contributed by atoms with van der Waals surface area (Å²) < 4.78 is 6.55. The van der Waals surface area contributed by atoms with Gasteiger partial charge >= 0.3 is 5.97 Å². The number of ether oxygens (including phenoxy) is 1. The average molecular weight is 454 g/mol. The van der Waals surface area contributed by atoms with E-state index in [0.717, 1.165) is 24.5 Å². The Morgan fingerprint density at radius 3 is 2.28 bits per heavy atom. The molecule has 1 amide bonds. The maximum atomic E-state index is 12.3. The summed E-state index contributed by atoms with van der Waals surface area (Å²) in [6.07, 6.45) is 0. The van der Waals surface area contributed by atoms with E-state index in [0.29, 0.717) is 16.4 Å². The highest BCUT2D eigenvalue weighted by atomic mass is 32.2. The molecule has 1 heterocycles. The van der Waals surface area contributed by atoms with Crippen LogP contribution in [0.2, 0.25) is 0 Å². The molecule has 0 aliphatic heterocycles. The fourth-order valence-corrected chi connectivity index (χ4v) is 3.95. The Kier molecular flexibility index (Phi) is 7.88. The second kappa shape index (κ2) is 10.8. The smallest absolute Gasteiger partial charge is 0.337 e. The molecule has 0 saturated heterocycles. The third-order valence-corrected chi connectivity index (χ3v) is 6.03. The Labute approximate surface area is 192 Å². The molecule has 32 heavy (non-hydrogen) atoms. The maximum Gasteiger partial charge on any atom is 0.337 e. The molecule has 0 unspecified atom stereocenters. The van der Waals surface area contributed by atoms with Crippen LogP contribution in [-0.2, 0) is 16.6 Å². The topological polar surface area (TPSA) is 89.3 Å². The number of nitrogens with one attached hydrogen (secondary N) is 1. The molecule has 0 radical (unpaired) electrons. The predicted molar refractivity (Wildman–Crippen MR) is 127 cm³/mol. The van der Waals surface area contributed by atoms with Gasteiger partial charge in [-0.15, -0.1) is 10.2 Å². The molecule has 0 saturated carbocycles. The van der Waals surface area contributed by atoms with Crippen molar-refractivity contribution < 1.29 is 14.3 Å². The Morgan fingerprint density at radius 2 is 1.69 bits per heavy atom. The number of thioether (sulfide) groups is 1. The quantitative estimate of drug-likeness (QED) is 0.389. The molecular weight excluding hydrogens is 426 g/mol. The molecule has 0 bridgehead atoms.